The van der Waals surface area contributed by atoms with Crippen LogP contribution in [0.5, 0.6) is 5.75 Å². The summed E-state index contributed by atoms with van der Waals surface area (Å²) >= 11 is 3.34. The van der Waals surface area contributed by atoms with Gasteiger partial charge >= 0.3 is 0 Å². The van der Waals surface area contributed by atoms with E-state index in [1.54, 1.807) is 0 Å². The Morgan fingerprint density at radius 2 is 2.07 bits per heavy atom. The molecule has 0 bridgehead atoms. The lowest BCUT2D eigenvalue weighted by molar-refractivity contribution is 0.301. The number of rotatable bonds is 3. The molecule has 1 aromatic carbocycles. The summed E-state index contributed by atoms with van der Waals surface area (Å²) in [4.78, 5) is 4.28. The van der Waals surface area contributed by atoms with E-state index in [0.29, 0.717) is 6.61 Å². The van der Waals surface area contributed by atoms with Crippen LogP contribution in [0.15, 0.2) is 41.3 Å². The standard InChI is InChI=1S/C11H11BrN2O/c1-14-7-9(13-11(14)12)8-15-10-5-3-2-4-6-10/h2-7H,8H2,1H3. The van der Waals surface area contributed by atoms with Crippen molar-refractivity contribution in [1.29, 1.82) is 0 Å². The third kappa shape index (κ3) is 2.59. The second-order valence-electron chi connectivity index (χ2n) is 3.21. The van der Waals surface area contributed by atoms with Crippen LogP contribution in [-0.2, 0) is 13.7 Å². The first-order valence-corrected chi connectivity index (χ1v) is 5.40. The normalized spacial score (nSPS) is 10.3. The zero-order valence-electron chi connectivity index (χ0n) is 8.35. The van der Waals surface area contributed by atoms with Gasteiger partial charge in [-0.15, -0.1) is 0 Å². The lowest BCUT2D eigenvalue weighted by Gasteiger charge is -2.02. The zero-order valence-corrected chi connectivity index (χ0v) is 9.94. The van der Waals surface area contributed by atoms with Gasteiger partial charge in [0.15, 0.2) is 4.73 Å². The molecule has 2 rings (SSSR count). The molecule has 78 valence electrons. The highest BCUT2D eigenvalue weighted by molar-refractivity contribution is 9.10. The first-order valence-electron chi connectivity index (χ1n) is 4.61. The highest BCUT2D eigenvalue weighted by Crippen LogP contribution is 2.13. The first-order chi connectivity index (χ1) is 7.25. The number of hydrogen-bond donors (Lipinski definition) is 0. The molecule has 2 aromatic rings. The lowest BCUT2D eigenvalue weighted by Crippen LogP contribution is -1.95. The summed E-state index contributed by atoms with van der Waals surface area (Å²) in [6, 6.07) is 9.72. The van der Waals surface area contributed by atoms with Crippen LogP contribution >= 0.6 is 15.9 Å². The number of halogens is 1. The number of imidazole rings is 1. The number of hydrogen-bond acceptors (Lipinski definition) is 2. The van der Waals surface area contributed by atoms with Gasteiger partial charge in [0.1, 0.15) is 12.4 Å². The third-order valence-electron chi connectivity index (χ3n) is 2.00. The average molecular weight is 267 g/mol. The van der Waals surface area contributed by atoms with Crippen molar-refractivity contribution in [3.05, 3.63) is 47.0 Å². The van der Waals surface area contributed by atoms with Crippen LogP contribution in [0.3, 0.4) is 0 Å². The number of ether oxygens (including phenoxy) is 1. The Labute approximate surface area is 96.8 Å². The molecule has 0 fully saturated rings. The molecule has 0 aliphatic rings. The van der Waals surface area contributed by atoms with Crippen molar-refractivity contribution in [3.8, 4) is 5.75 Å². The van der Waals surface area contributed by atoms with Gasteiger partial charge in [0.25, 0.3) is 0 Å². The predicted molar refractivity (Wildman–Crippen MR) is 61.7 cm³/mol. The molecule has 0 aliphatic heterocycles. The van der Waals surface area contributed by atoms with Crippen LogP contribution in [0.2, 0.25) is 0 Å². The number of aromatic nitrogens is 2. The number of aryl methyl sites for hydroxylation is 1. The minimum absolute atomic E-state index is 0.490. The highest BCUT2D eigenvalue weighted by atomic mass is 79.9. The summed E-state index contributed by atoms with van der Waals surface area (Å²) in [7, 11) is 1.93. The Balaban J connectivity index is 1.99. The van der Waals surface area contributed by atoms with Crippen LogP contribution < -0.4 is 4.74 Å². The Kier molecular flexibility index (Phi) is 3.06. The Morgan fingerprint density at radius 1 is 1.33 bits per heavy atom. The van der Waals surface area contributed by atoms with E-state index in [9.17, 15) is 0 Å². The van der Waals surface area contributed by atoms with Gasteiger partial charge in [-0.05, 0) is 28.1 Å². The summed E-state index contributed by atoms with van der Waals surface area (Å²) in [5, 5.41) is 0. The van der Waals surface area contributed by atoms with Crippen LogP contribution in [-0.4, -0.2) is 9.55 Å². The monoisotopic (exact) mass is 266 g/mol. The summed E-state index contributed by atoms with van der Waals surface area (Å²) in [6.45, 7) is 0.490. The number of para-hydroxylation sites is 1. The molecule has 0 atom stereocenters. The molecule has 0 saturated carbocycles. The van der Waals surface area contributed by atoms with Crippen LogP contribution in [0.1, 0.15) is 5.69 Å². The van der Waals surface area contributed by atoms with E-state index in [0.717, 1.165) is 16.2 Å². The SMILES string of the molecule is Cn1cc(COc2ccccc2)nc1Br. The number of nitrogens with zero attached hydrogens (tertiary/aromatic N) is 2. The highest BCUT2D eigenvalue weighted by Gasteiger charge is 2.02. The molecule has 0 radical (unpaired) electrons. The molecule has 0 spiro atoms. The van der Waals surface area contributed by atoms with E-state index >= 15 is 0 Å². The van der Waals surface area contributed by atoms with Crippen LogP contribution in [0.4, 0.5) is 0 Å². The summed E-state index contributed by atoms with van der Waals surface area (Å²) in [5.74, 6) is 0.860. The maximum absolute atomic E-state index is 5.56. The lowest BCUT2D eigenvalue weighted by atomic mass is 10.3. The van der Waals surface area contributed by atoms with E-state index in [1.807, 2.05) is 48.1 Å². The Hall–Kier alpha value is -1.29. The van der Waals surface area contributed by atoms with Gasteiger partial charge in [-0.25, -0.2) is 4.98 Å². The summed E-state index contributed by atoms with van der Waals surface area (Å²) < 4.78 is 8.28. The molecule has 15 heavy (non-hydrogen) atoms. The summed E-state index contributed by atoms with van der Waals surface area (Å²) in [6.07, 6.45) is 1.94. The fraction of sp³-hybridized carbons (Fsp3) is 0.182. The quantitative estimate of drug-likeness (QED) is 0.855. The second-order valence-corrected chi connectivity index (χ2v) is 3.92. The van der Waals surface area contributed by atoms with E-state index in [1.165, 1.54) is 0 Å². The van der Waals surface area contributed by atoms with Crippen molar-refractivity contribution >= 4 is 15.9 Å². The second kappa shape index (κ2) is 4.49. The number of benzene rings is 1. The minimum Gasteiger partial charge on any atom is -0.487 e. The molecule has 0 saturated heterocycles. The van der Waals surface area contributed by atoms with Crippen LogP contribution in [0, 0.1) is 0 Å². The topological polar surface area (TPSA) is 27.1 Å². The van der Waals surface area contributed by atoms with Crippen molar-refractivity contribution in [1.82, 2.24) is 9.55 Å². The van der Waals surface area contributed by atoms with E-state index < -0.39 is 0 Å². The van der Waals surface area contributed by atoms with Crippen molar-refractivity contribution in [2.45, 2.75) is 6.61 Å². The summed E-state index contributed by atoms with van der Waals surface area (Å²) in [5.41, 5.74) is 0.910. The first kappa shape index (κ1) is 10.2. The molecule has 0 aliphatic carbocycles. The molecular formula is C11H11BrN2O. The fourth-order valence-electron chi connectivity index (χ4n) is 1.25. The maximum Gasteiger partial charge on any atom is 0.177 e. The van der Waals surface area contributed by atoms with Gasteiger partial charge in [-0.3, -0.25) is 0 Å². The molecule has 1 aromatic heterocycles. The molecule has 0 amide bonds. The van der Waals surface area contributed by atoms with Gasteiger partial charge < -0.3 is 9.30 Å². The van der Waals surface area contributed by atoms with Gasteiger partial charge in [-0.1, -0.05) is 18.2 Å². The van der Waals surface area contributed by atoms with Gasteiger partial charge in [0.05, 0.1) is 5.69 Å². The maximum atomic E-state index is 5.56. The van der Waals surface area contributed by atoms with Crippen molar-refractivity contribution in [2.24, 2.45) is 7.05 Å². The van der Waals surface area contributed by atoms with Gasteiger partial charge in [0, 0.05) is 13.2 Å². The largest absolute Gasteiger partial charge is 0.487 e. The average Bonchev–Trinajstić information content (AvgIpc) is 2.57. The Bertz CT molecular complexity index is 420. The van der Waals surface area contributed by atoms with Gasteiger partial charge in [-0.2, -0.15) is 0 Å². The molecule has 0 N–H and O–H groups in total. The molecule has 0 unspecified atom stereocenters. The molecular weight excluding hydrogens is 256 g/mol. The van der Waals surface area contributed by atoms with E-state index in [2.05, 4.69) is 20.9 Å². The Morgan fingerprint density at radius 3 is 2.67 bits per heavy atom. The molecule has 1 heterocycles. The smallest absolute Gasteiger partial charge is 0.177 e. The third-order valence-corrected chi connectivity index (χ3v) is 2.74. The van der Waals surface area contributed by atoms with Crippen LogP contribution in [0.25, 0.3) is 0 Å². The van der Waals surface area contributed by atoms with Gasteiger partial charge in [0.2, 0.25) is 0 Å². The van der Waals surface area contributed by atoms with E-state index in [-0.39, 0.29) is 0 Å². The fourth-order valence-corrected chi connectivity index (χ4v) is 1.58. The zero-order chi connectivity index (χ0) is 10.7. The predicted octanol–water partition coefficient (Wildman–Crippen LogP) is 2.76. The van der Waals surface area contributed by atoms with Crippen molar-refractivity contribution in [2.75, 3.05) is 0 Å². The minimum atomic E-state index is 0.490. The van der Waals surface area contributed by atoms with Crippen molar-refractivity contribution < 1.29 is 4.74 Å². The molecule has 4 heteroatoms. The van der Waals surface area contributed by atoms with E-state index in [4.69, 9.17) is 4.74 Å². The molecule has 3 nitrogen and oxygen atoms in total. The van der Waals surface area contributed by atoms with Crippen molar-refractivity contribution in [3.63, 3.8) is 0 Å².